The third-order valence-corrected chi connectivity index (χ3v) is 3.68. The smallest absolute Gasteiger partial charge is 0.255 e. The molecular formula is C14H21N3O2. The van der Waals surface area contributed by atoms with Crippen LogP contribution in [0.2, 0.25) is 0 Å². The van der Waals surface area contributed by atoms with E-state index >= 15 is 0 Å². The molecule has 1 aliphatic rings. The van der Waals surface area contributed by atoms with Gasteiger partial charge in [-0.2, -0.15) is 0 Å². The maximum absolute atomic E-state index is 12.4. The van der Waals surface area contributed by atoms with Crippen LogP contribution in [0.1, 0.15) is 37.6 Å². The van der Waals surface area contributed by atoms with Gasteiger partial charge in [0.25, 0.3) is 5.91 Å². The van der Waals surface area contributed by atoms with Crippen LogP contribution in [0.25, 0.3) is 0 Å². The maximum Gasteiger partial charge on any atom is 0.255 e. The molecule has 19 heavy (non-hydrogen) atoms. The highest BCUT2D eigenvalue weighted by Crippen LogP contribution is 2.26. The molecule has 0 spiro atoms. The molecule has 0 saturated carbocycles. The van der Waals surface area contributed by atoms with E-state index in [9.17, 15) is 4.79 Å². The number of hydrogen-bond donors (Lipinski definition) is 2. The number of carbonyl (C=O) groups is 1. The monoisotopic (exact) mass is 263 g/mol. The number of nitrogens with zero attached hydrogens (tertiary/aromatic N) is 1. The molecule has 5 nitrogen and oxygen atoms in total. The minimum atomic E-state index is -0.309. The van der Waals surface area contributed by atoms with Crippen molar-refractivity contribution < 1.29 is 9.53 Å². The first-order chi connectivity index (χ1) is 9.07. The van der Waals surface area contributed by atoms with Gasteiger partial charge in [-0.25, -0.2) is 4.98 Å². The summed E-state index contributed by atoms with van der Waals surface area (Å²) in [6, 6.07) is 3.55. The molecular weight excluding hydrogens is 242 g/mol. The van der Waals surface area contributed by atoms with E-state index in [0.717, 1.165) is 13.0 Å². The molecule has 2 heterocycles. The highest BCUT2D eigenvalue weighted by atomic mass is 16.5. The van der Waals surface area contributed by atoms with Crippen LogP contribution in [0.15, 0.2) is 18.3 Å². The van der Waals surface area contributed by atoms with Crippen LogP contribution in [0.4, 0.5) is 5.82 Å². The van der Waals surface area contributed by atoms with E-state index in [4.69, 9.17) is 4.74 Å². The zero-order valence-electron chi connectivity index (χ0n) is 11.7. The predicted octanol–water partition coefficient (Wildman–Crippen LogP) is 1.81. The van der Waals surface area contributed by atoms with Crippen molar-refractivity contribution in [1.82, 2.24) is 10.3 Å². The molecule has 1 fully saturated rings. The lowest BCUT2D eigenvalue weighted by atomic mass is 9.94. The minimum Gasteiger partial charge on any atom is -0.376 e. The second-order valence-corrected chi connectivity index (χ2v) is 5.06. The quantitative estimate of drug-likeness (QED) is 0.869. The fourth-order valence-corrected chi connectivity index (χ4v) is 2.22. The van der Waals surface area contributed by atoms with Gasteiger partial charge < -0.3 is 15.4 Å². The van der Waals surface area contributed by atoms with Crippen molar-refractivity contribution in [2.24, 2.45) is 0 Å². The molecule has 2 N–H and O–H groups in total. The van der Waals surface area contributed by atoms with Crippen LogP contribution < -0.4 is 10.6 Å². The standard InChI is InChI=1S/C14H21N3O2/c1-4-15-12-11(6-5-8-16-12)13(18)17-14(3)7-9-19-10(14)2/h5-6,8,10H,4,7,9H2,1-3H3,(H,15,16)(H,17,18). The molecule has 5 heteroatoms. The Balaban J connectivity index is 2.16. The van der Waals surface area contributed by atoms with Crippen molar-refractivity contribution in [3.8, 4) is 0 Å². The molecule has 0 radical (unpaired) electrons. The SMILES string of the molecule is CCNc1ncccc1C(=O)NC1(C)CCOC1C. The predicted molar refractivity (Wildman–Crippen MR) is 74.3 cm³/mol. The third-order valence-electron chi connectivity index (χ3n) is 3.68. The van der Waals surface area contributed by atoms with E-state index in [2.05, 4.69) is 15.6 Å². The summed E-state index contributed by atoms with van der Waals surface area (Å²) < 4.78 is 5.54. The Hall–Kier alpha value is -1.62. The molecule has 0 aliphatic carbocycles. The number of carbonyl (C=O) groups excluding carboxylic acids is 1. The van der Waals surface area contributed by atoms with Gasteiger partial charge in [0, 0.05) is 19.3 Å². The molecule has 2 unspecified atom stereocenters. The summed E-state index contributed by atoms with van der Waals surface area (Å²) in [6.45, 7) is 7.40. The topological polar surface area (TPSA) is 63.2 Å². The number of aromatic nitrogens is 1. The van der Waals surface area contributed by atoms with E-state index in [1.54, 1.807) is 18.3 Å². The fourth-order valence-electron chi connectivity index (χ4n) is 2.22. The van der Waals surface area contributed by atoms with Gasteiger partial charge >= 0.3 is 0 Å². The zero-order valence-corrected chi connectivity index (χ0v) is 11.7. The Bertz CT molecular complexity index is 464. The van der Waals surface area contributed by atoms with E-state index < -0.39 is 0 Å². The zero-order chi connectivity index (χ0) is 13.9. The average molecular weight is 263 g/mol. The summed E-state index contributed by atoms with van der Waals surface area (Å²) in [5.74, 6) is 0.515. The largest absolute Gasteiger partial charge is 0.376 e. The number of nitrogens with one attached hydrogen (secondary N) is 2. The van der Waals surface area contributed by atoms with Gasteiger partial charge in [-0.05, 0) is 39.3 Å². The molecule has 104 valence electrons. The lowest BCUT2D eigenvalue weighted by molar-refractivity contribution is 0.0728. The first kappa shape index (κ1) is 13.8. The molecule has 2 atom stereocenters. The second-order valence-electron chi connectivity index (χ2n) is 5.06. The van der Waals surface area contributed by atoms with Crippen molar-refractivity contribution in [2.75, 3.05) is 18.5 Å². The summed E-state index contributed by atoms with van der Waals surface area (Å²) in [5, 5.41) is 6.18. The first-order valence-corrected chi connectivity index (χ1v) is 6.70. The Kier molecular flexibility index (Phi) is 4.04. The van der Waals surface area contributed by atoms with Gasteiger partial charge in [-0.3, -0.25) is 4.79 Å². The number of ether oxygens (including phenoxy) is 1. The van der Waals surface area contributed by atoms with Crippen LogP contribution in [0, 0.1) is 0 Å². The van der Waals surface area contributed by atoms with E-state index in [-0.39, 0.29) is 17.6 Å². The average Bonchev–Trinajstić information content (AvgIpc) is 2.70. The Morgan fingerprint density at radius 1 is 1.63 bits per heavy atom. The van der Waals surface area contributed by atoms with Crippen LogP contribution in [0.5, 0.6) is 0 Å². The summed E-state index contributed by atoms with van der Waals surface area (Å²) in [4.78, 5) is 16.6. The van der Waals surface area contributed by atoms with Gasteiger partial charge in [-0.15, -0.1) is 0 Å². The second kappa shape index (κ2) is 5.57. The number of anilines is 1. The number of rotatable bonds is 4. The normalized spacial score (nSPS) is 26.2. The van der Waals surface area contributed by atoms with Crippen LogP contribution >= 0.6 is 0 Å². The van der Waals surface area contributed by atoms with Crippen molar-refractivity contribution in [1.29, 1.82) is 0 Å². The summed E-state index contributed by atoms with van der Waals surface area (Å²) in [7, 11) is 0. The minimum absolute atomic E-state index is 0.0238. The molecule has 0 bridgehead atoms. The van der Waals surface area contributed by atoms with E-state index in [0.29, 0.717) is 18.0 Å². The number of amides is 1. The lowest BCUT2D eigenvalue weighted by Gasteiger charge is -2.29. The van der Waals surface area contributed by atoms with E-state index in [1.165, 1.54) is 0 Å². The highest BCUT2D eigenvalue weighted by molar-refractivity contribution is 5.99. The fraction of sp³-hybridized carbons (Fsp3) is 0.571. The van der Waals surface area contributed by atoms with Crippen molar-refractivity contribution in [2.45, 2.75) is 38.8 Å². The summed E-state index contributed by atoms with van der Waals surface area (Å²) in [6.07, 6.45) is 2.53. The van der Waals surface area contributed by atoms with E-state index in [1.807, 2.05) is 20.8 Å². The van der Waals surface area contributed by atoms with Crippen LogP contribution in [-0.4, -0.2) is 35.7 Å². The Morgan fingerprint density at radius 3 is 3.05 bits per heavy atom. The molecule has 2 rings (SSSR count). The summed E-state index contributed by atoms with van der Waals surface area (Å²) >= 11 is 0. The molecule has 1 aromatic rings. The van der Waals surface area contributed by atoms with Gasteiger partial charge in [0.05, 0.1) is 17.2 Å². The third kappa shape index (κ3) is 2.87. The lowest BCUT2D eigenvalue weighted by Crippen LogP contribution is -2.50. The van der Waals surface area contributed by atoms with Crippen LogP contribution in [-0.2, 0) is 4.74 Å². The van der Waals surface area contributed by atoms with Crippen LogP contribution in [0.3, 0.4) is 0 Å². The van der Waals surface area contributed by atoms with Crippen molar-refractivity contribution in [3.05, 3.63) is 23.9 Å². The van der Waals surface area contributed by atoms with Crippen molar-refractivity contribution >= 4 is 11.7 Å². The first-order valence-electron chi connectivity index (χ1n) is 6.70. The molecule has 1 aromatic heterocycles. The van der Waals surface area contributed by atoms with Gasteiger partial charge in [0.1, 0.15) is 5.82 Å². The number of pyridine rings is 1. The molecule has 1 amide bonds. The van der Waals surface area contributed by atoms with Gasteiger partial charge in [0.15, 0.2) is 0 Å². The molecule has 1 saturated heterocycles. The van der Waals surface area contributed by atoms with Gasteiger partial charge in [0.2, 0.25) is 0 Å². The van der Waals surface area contributed by atoms with Gasteiger partial charge in [-0.1, -0.05) is 0 Å². The van der Waals surface area contributed by atoms with Crippen molar-refractivity contribution in [3.63, 3.8) is 0 Å². The highest BCUT2D eigenvalue weighted by Gasteiger charge is 2.38. The molecule has 0 aromatic carbocycles. The Labute approximate surface area is 113 Å². The number of hydrogen-bond acceptors (Lipinski definition) is 4. The molecule has 1 aliphatic heterocycles. The maximum atomic E-state index is 12.4. The summed E-state index contributed by atoms with van der Waals surface area (Å²) in [5.41, 5.74) is 0.265. The Morgan fingerprint density at radius 2 is 2.42 bits per heavy atom.